The largest absolute Gasteiger partial charge is 0.456 e. The summed E-state index contributed by atoms with van der Waals surface area (Å²) in [6.45, 7) is 0. The molecule has 3 heterocycles. The quantitative estimate of drug-likeness (QED) is 0.145. The molecule has 72 heavy (non-hydrogen) atoms. The number of furan rings is 1. The summed E-state index contributed by atoms with van der Waals surface area (Å²) in [5, 5.41) is 4.76. The summed E-state index contributed by atoms with van der Waals surface area (Å²) in [6, 6.07) is 92.6. The van der Waals surface area contributed by atoms with Crippen molar-refractivity contribution in [3.63, 3.8) is 0 Å². The Labute approximate surface area is 415 Å². The van der Waals surface area contributed by atoms with E-state index in [-0.39, 0.29) is 0 Å². The minimum Gasteiger partial charge on any atom is -0.456 e. The van der Waals surface area contributed by atoms with Crippen LogP contribution in [0.5, 0.6) is 0 Å². The summed E-state index contributed by atoms with van der Waals surface area (Å²) in [6.07, 6.45) is 0. The van der Waals surface area contributed by atoms with Gasteiger partial charge in [-0.25, -0.2) is 4.98 Å². The molecular weight excluding hydrogens is 879 g/mol. The molecule has 0 fully saturated rings. The van der Waals surface area contributed by atoms with E-state index >= 15 is 0 Å². The molecule has 5 heteroatoms. The smallest absolute Gasteiger partial charge is 0.227 e. The molecule has 0 N–H and O–H groups in total. The van der Waals surface area contributed by atoms with E-state index in [1.165, 1.54) is 32.9 Å². The first-order valence-electron chi connectivity index (χ1n) is 24.3. The molecule has 14 rings (SSSR count). The normalized spacial score (nSPS) is 11.6. The fourth-order valence-electron chi connectivity index (χ4n) is 10.4. The maximum atomic E-state index is 6.15. The van der Waals surface area contributed by atoms with Crippen molar-refractivity contribution in [1.82, 2.24) is 9.55 Å². The van der Waals surface area contributed by atoms with Gasteiger partial charge in [-0.1, -0.05) is 152 Å². The Hall–Kier alpha value is -9.71. The molecule has 14 aromatic rings. The van der Waals surface area contributed by atoms with Crippen molar-refractivity contribution in [3.05, 3.63) is 261 Å². The van der Waals surface area contributed by atoms with Crippen molar-refractivity contribution in [2.24, 2.45) is 0 Å². The van der Waals surface area contributed by atoms with Crippen LogP contribution >= 0.6 is 0 Å². The second-order valence-electron chi connectivity index (χ2n) is 18.3. The number of anilines is 3. The Bertz CT molecular complexity index is 4250. The van der Waals surface area contributed by atoms with Crippen molar-refractivity contribution in [2.75, 3.05) is 4.90 Å². The fourth-order valence-corrected chi connectivity index (χ4v) is 10.4. The summed E-state index contributed by atoms with van der Waals surface area (Å²) in [4.78, 5) is 7.07. The van der Waals surface area contributed by atoms with E-state index in [1.807, 2.05) is 36.4 Å². The van der Waals surface area contributed by atoms with Gasteiger partial charge in [0, 0.05) is 49.9 Å². The summed E-state index contributed by atoms with van der Waals surface area (Å²) in [5.74, 6) is 0.603. The molecule has 5 nitrogen and oxygen atoms in total. The van der Waals surface area contributed by atoms with Crippen LogP contribution in [-0.2, 0) is 0 Å². The molecule has 0 aliphatic carbocycles. The summed E-state index contributed by atoms with van der Waals surface area (Å²) in [5.41, 5.74) is 20.3. The van der Waals surface area contributed by atoms with Crippen LogP contribution in [-0.4, -0.2) is 9.55 Å². The number of oxazole rings is 1. The summed E-state index contributed by atoms with van der Waals surface area (Å²) >= 11 is 0. The highest BCUT2D eigenvalue weighted by Gasteiger charge is 2.17. The van der Waals surface area contributed by atoms with E-state index in [0.717, 1.165) is 94.7 Å². The molecule has 0 atom stereocenters. The molecule has 0 unspecified atom stereocenters. The van der Waals surface area contributed by atoms with Crippen LogP contribution in [0.2, 0.25) is 0 Å². The lowest BCUT2D eigenvalue weighted by Gasteiger charge is -2.26. The number of rotatable bonds is 9. The van der Waals surface area contributed by atoms with Gasteiger partial charge in [0.1, 0.15) is 16.7 Å². The molecular formula is C67H43N3O2. The van der Waals surface area contributed by atoms with Crippen molar-refractivity contribution in [3.8, 4) is 61.6 Å². The zero-order valence-electron chi connectivity index (χ0n) is 39.0. The van der Waals surface area contributed by atoms with E-state index < -0.39 is 0 Å². The average molecular weight is 922 g/mol. The Kier molecular flexibility index (Phi) is 9.78. The molecule has 0 bridgehead atoms. The monoisotopic (exact) mass is 921 g/mol. The number of benzene rings is 11. The van der Waals surface area contributed by atoms with E-state index in [9.17, 15) is 0 Å². The van der Waals surface area contributed by atoms with Gasteiger partial charge in [0.05, 0.1) is 11.0 Å². The summed E-state index contributed by atoms with van der Waals surface area (Å²) < 4.78 is 14.6. The number of fused-ring (bicyclic) bond motifs is 7. The predicted molar refractivity (Wildman–Crippen MR) is 297 cm³/mol. The SMILES string of the molecule is c1ccc(-n2c3ccccc3c3cc(-c4ccc(-c5ccc(N(c6ccc(-c7ccc(-c8ccc9oc%10ccccc%10c9c8)cc7)cc6)c6ccc(-c7nc8ccccc8o7)cc6)cc5)cc4)ccc32)cc1. The van der Waals surface area contributed by atoms with Crippen molar-refractivity contribution < 1.29 is 8.83 Å². The number of aromatic nitrogens is 2. The predicted octanol–water partition coefficient (Wildman–Crippen LogP) is 18.6. The Balaban J connectivity index is 0.761. The molecule has 0 aliphatic heterocycles. The van der Waals surface area contributed by atoms with Gasteiger partial charge in [-0.15, -0.1) is 0 Å². The standard InChI is InChI=1S/C67H43N3O2/c1-2-10-53(11-3-1)70-62-15-7-4-12-57(62)59-42-51(32-40-63(59)70)48-22-18-44(19-23-48)46-26-34-54(35-27-46)69(56-38-30-50(31-39-56)67-68-61-14-6-9-17-66(61)72-67)55-36-28-47(29-37-55)45-20-24-49(25-21-45)52-33-41-65-60(43-52)58-13-5-8-16-64(58)71-65/h1-43H. The molecule has 338 valence electrons. The van der Waals surface area contributed by atoms with Gasteiger partial charge in [0.2, 0.25) is 5.89 Å². The molecule has 0 saturated heterocycles. The molecule has 3 aromatic heterocycles. The van der Waals surface area contributed by atoms with Gasteiger partial charge >= 0.3 is 0 Å². The average Bonchev–Trinajstić information content (AvgIpc) is 4.16. The van der Waals surface area contributed by atoms with Gasteiger partial charge in [0.25, 0.3) is 0 Å². The highest BCUT2D eigenvalue weighted by Crippen LogP contribution is 2.40. The lowest BCUT2D eigenvalue weighted by molar-refractivity contribution is 0.620. The Morgan fingerprint density at radius 2 is 0.722 bits per heavy atom. The van der Waals surface area contributed by atoms with Crippen LogP contribution < -0.4 is 4.90 Å². The third-order valence-electron chi connectivity index (χ3n) is 14.1. The first kappa shape index (κ1) is 41.3. The van der Waals surface area contributed by atoms with Crippen LogP contribution in [0, 0.1) is 0 Å². The second-order valence-corrected chi connectivity index (χ2v) is 18.3. The third kappa shape index (κ3) is 7.22. The molecule has 0 amide bonds. The molecule has 11 aromatic carbocycles. The van der Waals surface area contributed by atoms with Crippen molar-refractivity contribution in [2.45, 2.75) is 0 Å². The molecule has 0 aliphatic rings. The van der Waals surface area contributed by atoms with E-state index in [1.54, 1.807) is 0 Å². The zero-order valence-corrected chi connectivity index (χ0v) is 39.0. The maximum Gasteiger partial charge on any atom is 0.227 e. The van der Waals surface area contributed by atoms with E-state index in [0.29, 0.717) is 5.89 Å². The van der Waals surface area contributed by atoms with E-state index in [2.05, 4.69) is 234 Å². The first-order valence-corrected chi connectivity index (χ1v) is 24.3. The van der Waals surface area contributed by atoms with Gasteiger partial charge in [-0.05, 0) is 154 Å². The van der Waals surface area contributed by atoms with Gasteiger partial charge in [-0.3, -0.25) is 0 Å². The number of para-hydroxylation sites is 5. The lowest BCUT2D eigenvalue weighted by atomic mass is 9.98. The third-order valence-corrected chi connectivity index (χ3v) is 14.1. The second kappa shape index (κ2) is 17.1. The van der Waals surface area contributed by atoms with Gasteiger partial charge < -0.3 is 18.3 Å². The minimum absolute atomic E-state index is 0.603. The molecule has 0 spiro atoms. The maximum absolute atomic E-state index is 6.15. The van der Waals surface area contributed by atoms with Gasteiger partial charge in [0.15, 0.2) is 5.58 Å². The topological polar surface area (TPSA) is 47.3 Å². The van der Waals surface area contributed by atoms with Crippen LogP contribution in [0.15, 0.2) is 270 Å². The van der Waals surface area contributed by atoms with Gasteiger partial charge in [-0.2, -0.15) is 0 Å². The number of nitrogens with zero attached hydrogens (tertiary/aromatic N) is 3. The molecule has 0 saturated carbocycles. The number of hydrogen-bond acceptors (Lipinski definition) is 4. The van der Waals surface area contributed by atoms with Crippen LogP contribution in [0.4, 0.5) is 17.1 Å². The zero-order chi connectivity index (χ0) is 47.5. The lowest BCUT2D eigenvalue weighted by Crippen LogP contribution is -2.09. The van der Waals surface area contributed by atoms with Crippen LogP contribution in [0.3, 0.4) is 0 Å². The van der Waals surface area contributed by atoms with Crippen LogP contribution in [0.25, 0.3) is 116 Å². The highest BCUT2D eigenvalue weighted by atomic mass is 16.3. The van der Waals surface area contributed by atoms with Crippen molar-refractivity contribution >= 4 is 71.9 Å². The number of hydrogen-bond donors (Lipinski definition) is 0. The Morgan fingerprint density at radius 1 is 0.292 bits per heavy atom. The van der Waals surface area contributed by atoms with E-state index in [4.69, 9.17) is 13.8 Å². The van der Waals surface area contributed by atoms with Crippen molar-refractivity contribution in [1.29, 1.82) is 0 Å². The summed E-state index contributed by atoms with van der Waals surface area (Å²) in [7, 11) is 0. The first-order chi connectivity index (χ1) is 35.6. The highest BCUT2D eigenvalue weighted by molar-refractivity contribution is 6.10. The minimum atomic E-state index is 0.603. The van der Waals surface area contributed by atoms with Crippen LogP contribution in [0.1, 0.15) is 0 Å². The fraction of sp³-hybridized carbons (Fsp3) is 0. The molecule has 0 radical (unpaired) electrons. The Morgan fingerprint density at radius 3 is 1.33 bits per heavy atom.